The molecule has 1 spiro atoms. The molecule has 2 atom stereocenters. The van der Waals surface area contributed by atoms with Gasteiger partial charge in [0.15, 0.2) is 0 Å². The number of nitrogens with zero attached hydrogens (tertiary/aromatic N) is 1. The van der Waals surface area contributed by atoms with E-state index in [0.717, 1.165) is 37.0 Å². The lowest BCUT2D eigenvalue weighted by atomic mass is 9.77. The molecule has 1 saturated heterocycles. The molecule has 1 saturated carbocycles. The quantitative estimate of drug-likeness (QED) is 0.911. The molecule has 4 nitrogen and oxygen atoms in total. The van der Waals surface area contributed by atoms with Crippen LogP contribution in [0.3, 0.4) is 0 Å². The summed E-state index contributed by atoms with van der Waals surface area (Å²) in [7, 11) is -3.39. The molecular weight excluding hydrogens is 294 g/mol. The van der Waals surface area contributed by atoms with Gasteiger partial charge < -0.3 is 5.11 Å². The van der Waals surface area contributed by atoms with Crippen LogP contribution in [0, 0.1) is 12.3 Å². The summed E-state index contributed by atoms with van der Waals surface area (Å²) in [4.78, 5) is 1.01. The van der Waals surface area contributed by atoms with Crippen molar-refractivity contribution in [1.29, 1.82) is 0 Å². The lowest BCUT2D eigenvalue weighted by molar-refractivity contribution is 0.0127. The molecule has 1 aliphatic heterocycles. The van der Waals surface area contributed by atoms with Crippen molar-refractivity contribution in [3.05, 3.63) is 17.0 Å². The van der Waals surface area contributed by atoms with Crippen LogP contribution < -0.4 is 0 Å². The monoisotopic (exact) mass is 315 g/mol. The number of hydrogen-bond acceptors (Lipinski definition) is 4. The van der Waals surface area contributed by atoms with Crippen LogP contribution in [-0.4, -0.2) is 37.0 Å². The second-order valence-corrected chi connectivity index (χ2v) is 9.53. The van der Waals surface area contributed by atoms with E-state index < -0.39 is 10.0 Å². The number of sulfonamides is 1. The van der Waals surface area contributed by atoms with E-state index in [2.05, 4.69) is 0 Å². The van der Waals surface area contributed by atoms with Gasteiger partial charge in [0, 0.05) is 23.4 Å². The SMILES string of the molecule is Cc1ccc(S(=O)(=O)N2CCC[C@@]3(CCC[C@H]3O)C2)s1. The third kappa shape index (κ3) is 2.32. The van der Waals surface area contributed by atoms with Crippen LogP contribution >= 0.6 is 11.3 Å². The van der Waals surface area contributed by atoms with Gasteiger partial charge in [0.1, 0.15) is 4.21 Å². The molecule has 0 radical (unpaired) electrons. The van der Waals surface area contributed by atoms with Gasteiger partial charge >= 0.3 is 0 Å². The molecule has 2 fully saturated rings. The van der Waals surface area contributed by atoms with Crippen molar-refractivity contribution in [1.82, 2.24) is 4.31 Å². The second-order valence-electron chi connectivity index (χ2n) is 6.08. The molecule has 20 heavy (non-hydrogen) atoms. The van der Waals surface area contributed by atoms with Crippen LogP contribution in [0.1, 0.15) is 37.0 Å². The van der Waals surface area contributed by atoms with E-state index >= 15 is 0 Å². The van der Waals surface area contributed by atoms with E-state index in [4.69, 9.17) is 0 Å². The predicted molar refractivity (Wildman–Crippen MR) is 79.3 cm³/mol. The highest BCUT2D eigenvalue weighted by atomic mass is 32.2. The standard InChI is InChI=1S/C14H21NO3S2/c1-11-5-6-13(19-11)20(17,18)15-9-3-8-14(10-15)7-2-4-12(14)16/h5-6,12,16H,2-4,7-10H2,1H3/t12-,14+/m1/s1. The summed E-state index contributed by atoms with van der Waals surface area (Å²) in [6.45, 7) is 2.98. The highest BCUT2D eigenvalue weighted by Gasteiger charge is 2.47. The fourth-order valence-corrected chi connectivity index (χ4v) is 6.61. The molecule has 1 aromatic heterocycles. The Morgan fingerprint density at radius 1 is 1.35 bits per heavy atom. The van der Waals surface area contributed by atoms with Crippen molar-refractivity contribution in [2.75, 3.05) is 13.1 Å². The first-order valence-corrected chi connectivity index (χ1v) is 9.44. The van der Waals surface area contributed by atoms with Crippen molar-refractivity contribution >= 4 is 21.4 Å². The van der Waals surface area contributed by atoms with Gasteiger partial charge in [-0.2, -0.15) is 4.31 Å². The average Bonchev–Trinajstić information content (AvgIpc) is 2.99. The van der Waals surface area contributed by atoms with Crippen LogP contribution in [0.25, 0.3) is 0 Å². The van der Waals surface area contributed by atoms with Crippen LogP contribution in [0.5, 0.6) is 0 Å². The first kappa shape index (κ1) is 14.5. The largest absolute Gasteiger partial charge is 0.392 e. The van der Waals surface area contributed by atoms with Gasteiger partial charge in [0.2, 0.25) is 0 Å². The highest BCUT2D eigenvalue weighted by molar-refractivity contribution is 7.91. The Kier molecular flexibility index (Phi) is 3.69. The fraction of sp³-hybridized carbons (Fsp3) is 0.714. The smallest absolute Gasteiger partial charge is 0.252 e. The number of rotatable bonds is 2. The number of thiophene rings is 1. The molecule has 0 unspecified atom stereocenters. The minimum Gasteiger partial charge on any atom is -0.392 e. The first-order valence-electron chi connectivity index (χ1n) is 7.19. The van der Waals surface area contributed by atoms with Crippen LogP contribution in [0.4, 0.5) is 0 Å². The van der Waals surface area contributed by atoms with Gasteiger partial charge in [-0.1, -0.05) is 6.42 Å². The normalized spacial score (nSPS) is 32.0. The highest BCUT2D eigenvalue weighted by Crippen LogP contribution is 2.46. The lowest BCUT2D eigenvalue weighted by Gasteiger charge is -2.41. The summed E-state index contributed by atoms with van der Waals surface area (Å²) in [5, 5.41) is 10.2. The molecule has 1 aliphatic carbocycles. The van der Waals surface area contributed by atoms with E-state index in [-0.39, 0.29) is 11.5 Å². The Bertz CT molecular complexity index is 595. The maximum atomic E-state index is 12.7. The molecule has 0 amide bonds. The fourth-order valence-electron chi connectivity index (χ4n) is 3.60. The van der Waals surface area contributed by atoms with E-state index in [9.17, 15) is 13.5 Å². The maximum absolute atomic E-state index is 12.7. The lowest BCUT2D eigenvalue weighted by Crippen LogP contribution is -2.49. The predicted octanol–water partition coefficient (Wildman–Crippen LogP) is 2.37. The van der Waals surface area contributed by atoms with Crippen molar-refractivity contribution in [2.45, 2.75) is 49.3 Å². The van der Waals surface area contributed by atoms with Crippen molar-refractivity contribution in [3.8, 4) is 0 Å². The van der Waals surface area contributed by atoms with Gasteiger partial charge in [0.25, 0.3) is 10.0 Å². The van der Waals surface area contributed by atoms with Crippen LogP contribution in [-0.2, 0) is 10.0 Å². The number of piperidine rings is 1. The first-order chi connectivity index (χ1) is 9.44. The summed E-state index contributed by atoms with van der Waals surface area (Å²) in [6.07, 6.45) is 4.22. The Morgan fingerprint density at radius 2 is 2.10 bits per heavy atom. The van der Waals surface area contributed by atoms with E-state index in [1.165, 1.54) is 11.3 Å². The number of aryl methyl sites for hydroxylation is 1. The van der Waals surface area contributed by atoms with Gasteiger partial charge in [-0.25, -0.2) is 8.42 Å². The summed E-state index contributed by atoms with van der Waals surface area (Å²) < 4.78 is 27.4. The minimum atomic E-state index is -3.39. The number of aliphatic hydroxyl groups is 1. The Morgan fingerprint density at radius 3 is 2.70 bits per heavy atom. The molecule has 0 aromatic carbocycles. The Hall–Kier alpha value is -0.430. The summed E-state index contributed by atoms with van der Waals surface area (Å²) >= 11 is 1.33. The summed E-state index contributed by atoms with van der Waals surface area (Å²) in [6, 6.07) is 3.55. The molecule has 0 bridgehead atoms. The minimum absolute atomic E-state index is 0.197. The van der Waals surface area contributed by atoms with E-state index in [0.29, 0.717) is 17.3 Å². The van der Waals surface area contributed by atoms with Gasteiger partial charge in [-0.3, -0.25) is 0 Å². The van der Waals surface area contributed by atoms with E-state index in [1.807, 2.05) is 13.0 Å². The molecular formula is C14H21NO3S2. The molecule has 3 rings (SSSR count). The third-order valence-corrected chi connectivity index (χ3v) is 8.06. The number of hydrogen-bond donors (Lipinski definition) is 1. The topological polar surface area (TPSA) is 57.6 Å². The third-order valence-electron chi connectivity index (χ3n) is 4.74. The zero-order chi connectivity index (χ0) is 14.4. The van der Waals surface area contributed by atoms with Crippen molar-refractivity contribution in [3.63, 3.8) is 0 Å². The zero-order valence-electron chi connectivity index (χ0n) is 11.7. The summed E-state index contributed by atoms with van der Waals surface area (Å²) in [5.74, 6) is 0. The van der Waals surface area contributed by atoms with Crippen molar-refractivity contribution in [2.24, 2.45) is 5.41 Å². The molecule has 6 heteroatoms. The van der Waals surface area contributed by atoms with Gasteiger partial charge in [-0.05, 0) is 44.7 Å². The number of aliphatic hydroxyl groups excluding tert-OH is 1. The molecule has 1 N–H and O–H groups in total. The molecule has 112 valence electrons. The Balaban J connectivity index is 1.87. The zero-order valence-corrected chi connectivity index (χ0v) is 13.3. The van der Waals surface area contributed by atoms with Crippen LogP contribution in [0.2, 0.25) is 0 Å². The molecule has 2 aliphatic rings. The van der Waals surface area contributed by atoms with Crippen molar-refractivity contribution < 1.29 is 13.5 Å². The molecule has 2 heterocycles. The van der Waals surface area contributed by atoms with Crippen LogP contribution in [0.15, 0.2) is 16.3 Å². The van der Waals surface area contributed by atoms with Gasteiger partial charge in [-0.15, -0.1) is 11.3 Å². The molecule has 1 aromatic rings. The van der Waals surface area contributed by atoms with E-state index in [1.54, 1.807) is 10.4 Å². The maximum Gasteiger partial charge on any atom is 0.252 e. The Labute approximate surface area is 124 Å². The average molecular weight is 315 g/mol. The second kappa shape index (κ2) is 5.09. The van der Waals surface area contributed by atoms with Gasteiger partial charge in [0.05, 0.1) is 6.10 Å². The summed E-state index contributed by atoms with van der Waals surface area (Å²) in [5.41, 5.74) is -0.197.